The van der Waals surface area contributed by atoms with Crippen molar-refractivity contribution in [2.75, 3.05) is 0 Å². The molecule has 0 aromatic heterocycles. The zero-order valence-corrected chi connectivity index (χ0v) is 1.00. The molecule has 2 heteroatoms. The van der Waals surface area contributed by atoms with Crippen LogP contribution in [0.4, 0.5) is 0 Å². The Morgan fingerprint density at radius 2 is 0.286 bits per heavy atom. The van der Waals surface area contributed by atoms with E-state index in [9.17, 15) is 0 Å². The van der Waals surface area contributed by atoms with Crippen LogP contribution in [0.15, 0.2) is 0 Å². The molecule has 4 N–H and O–H groups in total. The lowest BCUT2D eigenvalue weighted by molar-refractivity contribution is 0.823. The molecule has 0 fully saturated rings. The molecule has 56 valence electrons. The summed E-state index contributed by atoms with van der Waals surface area (Å²) in [6, 6.07) is 0. The number of hydrogen-bond acceptors (Lipinski definition) is 0. The molecule has 0 radical (unpaired) electrons. The lowest BCUT2D eigenvalue weighted by atomic mass is 12.0. The molecule has 0 unspecified atom stereocenters. The lowest BCUT2D eigenvalue weighted by Gasteiger charge is -0.413. The first kappa shape index (κ1) is 37900. The zero-order valence-electron chi connectivity index (χ0n) is 1.00. The average molecular weight is 116 g/mol. The molecule has 0 saturated heterocycles. The third-order valence-electron chi connectivity index (χ3n) is 0. The molecule has 0 saturated carbocycles. The second-order valence-corrected chi connectivity index (χ2v) is 0. The molecule has 0 aromatic carbocycles. The molecule has 0 heterocycles. The van der Waals surface area contributed by atoms with Crippen molar-refractivity contribution in [3.8, 4) is 0 Å². The fourth-order valence-electron chi connectivity index (χ4n) is 0. The van der Waals surface area contributed by atoms with E-state index in [0.29, 0.717) is 0 Å². The average Bonchev–Trinajstić information content (AvgIpc) is 0. The van der Waals surface area contributed by atoms with Gasteiger partial charge in [0.15, 0.2) is 0 Å². The summed E-state index contributed by atoms with van der Waals surface area (Å²) >= 11 is 0. The smallest absolute Gasteiger partial charge is 0.0776 e. The molecule has 0 aromatic rings. The van der Waals surface area contributed by atoms with E-state index in [1.54, 1.807) is 0 Å². The molecule has 0 aliphatic carbocycles. The van der Waals surface area contributed by atoms with E-state index >= 15 is 0 Å². The Balaban J connectivity index is 0. The van der Waals surface area contributed by atoms with Gasteiger partial charge in [-0.2, -0.15) is 0 Å². The maximum atomic E-state index is 0. The van der Waals surface area contributed by atoms with Crippen LogP contribution in [0.3, 0.4) is 0 Å². The topological polar surface area (TPSA) is 63.0 Å². The quantitative estimate of drug-likeness (QED) is 0.461. The first-order chi connectivity index (χ1) is 0. The fourth-order valence-corrected chi connectivity index (χ4v) is 0. The Morgan fingerprint density at radius 1 is 0.286 bits per heavy atom. The molecule has 0 aliphatic heterocycles. The van der Waals surface area contributed by atoms with Crippen LogP contribution >= 0.6 is 0 Å². The van der Waals surface area contributed by atoms with Gasteiger partial charge >= 0.3 is 0 Å². The highest BCUT2D eigenvalue weighted by Gasteiger charge is -0.0735. The van der Waals surface area contributed by atoms with Crippen LogP contribution in [0.2, 0.25) is 0 Å². The van der Waals surface area contributed by atoms with Crippen LogP contribution in [0.5, 0.6) is 0 Å². The van der Waals surface area contributed by atoms with E-state index < -0.39 is 0 Å². The van der Waals surface area contributed by atoms with Crippen molar-refractivity contribution >= 4 is 0 Å². The van der Waals surface area contributed by atoms with Crippen LogP contribution in [0.1, 0.15) is 37.1 Å². The third kappa shape index (κ3) is 14200. The SMILES string of the molecule is C.C.C.C.C.O.O. The fraction of sp³-hybridized carbons (Fsp3) is 1.00. The summed E-state index contributed by atoms with van der Waals surface area (Å²) in [6.45, 7) is 0. The third-order valence-corrected chi connectivity index (χ3v) is 0. The second kappa shape index (κ2) is 22400. The van der Waals surface area contributed by atoms with Crippen molar-refractivity contribution < 1.29 is 11.0 Å². The Labute approximate surface area is 49.2 Å². The molecule has 0 rings (SSSR count). The van der Waals surface area contributed by atoms with E-state index in [0.717, 1.165) is 0 Å². The number of rotatable bonds is 0. The van der Waals surface area contributed by atoms with Gasteiger partial charge in [0.1, 0.15) is 0 Å². The Hall–Kier alpha value is -0.0800. The minimum absolute atomic E-state index is 0. The van der Waals surface area contributed by atoms with Crippen molar-refractivity contribution in [1.82, 2.24) is 0 Å². The summed E-state index contributed by atoms with van der Waals surface area (Å²) in [5.74, 6) is 0. The predicted molar refractivity (Wildman–Crippen MR) is 40.9 cm³/mol. The minimum atomic E-state index is 0. The Morgan fingerprint density at radius 3 is 0.286 bits per heavy atom. The van der Waals surface area contributed by atoms with Crippen molar-refractivity contribution in [1.29, 1.82) is 0 Å². The summed E-state index contributed by atoms with van der Waals surface area (Å²) in [6.07, 6.45) is 0. The minimum Gasteiger partial charge on any atom is -0.412 e. The maximum Gasteiger partial charge on any atom is -0.0776 e. The summed E-state index contributed by atoms with van der Waals surface area (Å²) in [5, 5.41) is 0. The van der Waals surface area contributed by atoms with Gasteiger partial charge in [-0.3, -0.25) is 0 Å². The summed E-state index contributed by atoms with van der Waals surface area (Å²) < 4.78 is 0. The van der Waals surface area contributed by atoms with Gasteiger partial charge in [-0.15, -0.1) is 0 Å². The van der Waals surface area contributed by atoms with Gasteiger partial charge < -0.3 is 11.0 Å². The maximum absolute atomic E-state index is 0. The summed E-state index contributed by atoms with van der Waals surface area (Å²) in [7, 11) is 0. The molecule has 7 heavy (non-hydrogen) atoms. The molecule has 0 atom stereocenters. The van der Waals surface area contributed by atoms with Crippen molar-refractivity contribution in [3.05, 3.63) is 0 Å². The van der Waals surface area contributed by atoms with Crippen LogP contribution < -0.4 is 0 Å². The summed E-state index contributed by atoms with van der Waals surface area (Å²) in [5.41, 5.74) is 0. The standard InChI is InChI=1S/5CH4.2H2O/h5*1H4;2*1H2. The Bertz CT molecular complexity index is 6.04. The van der Waals surface area contributed by atoms with Crippen LogP contribution in [0.25, 0.3) is 0 Å². The molecule has 0 aliphatic rings. The molecule has 0 spiro atoms. The van der Waals surface area contributed by atoms with Gasteiger partial charge in [0.25, 0.3) is 0 Å². The van der Waals surface area contributed by atoms with Crippen molar-refractivity contribution in [2.45, 2.75) is 37.1 Å². The van der Waals surface area contributed by atoms with Crippen LogP contribution in [-0.2, 0) is 0 Å². The van der Waals surface area contributed by atoms with Crippen LogP contribution in [0, 0.1) is 0 Å². The lowest BCUT2D eigenvalue weighted by Crippen LogP contribution is -0.290. The first-order valence-electron chi connectivity index (χ1n) is 0. The highest BCUT2D eigenvalue weighted by Crippen LogP contribution is 0.148. The van der Waals surface area contributed by atoms with Gasteiger partial charge in [-0.05, 0) is 0 Å². The second-order valence-electron chi connectivity index (χ2n) is 0. The molecule has 0 bridgehead atoms. The highest BCUT2D eigenvalue weighted by molar-refractivity contribution is 2.51. The van der Waals surface area contributed by atoms with E-state index in [1.165, 1.54) is 0 Å². The van der Waals surface area contributed by atoms with Crippen LogP contribution in [-0.4, -0.2) is 11.0 Å². The number of hydrogen-bond donors (Lipinski definition) is 0. The van der Waals surface area contributed by atoms with E-state index in [4.69, 9.17) is 0 Å². The monoisotopic (exact) mass is 116 g/mol. The highest BCUT2D eigenvalue weighted by atomic mass is 16.0. The van der Waals surface area contributed by atoms with E-state index in [2.05, 4.69) is 0 Å². The van der Waals surface area contributed by atoms with E-state index in [-0.39, 0.29) is 48.1 Å². The first-order valence-corrected chi connectivity index (χ1v) is 0. The van der Waals surface area contributed by atoms with Crippen molar-refractivity contribution in [3.63, 3.8) is 0 Å². The van der Waals surface area contributed by atoms with Gasteiger partial charge in [0.05, 0.1) is 0 Å². The molecule has 0 amide bonds. The van der Waals surface area contributed by atoms with E-state index in [1.807, 2.05) is 0 Å². The predicted octanol–water partition coefficient (Wildman–Crippen LogP) is 1.53. The molecular weight excluding hydrogens is 92.1 g/mol. The zero-order chi connectivity index (χ0) is 0. The van der Waals surface area contributed by atoms with Crippen molar-refractivity contribution in [2.24, 2.45) is 0 Å². The van der Waals surface area contributed by atoms with Gasteiger partial charge in [-0.25, -0.2) is 0 Å². The molecular formula is C5H24O2. The normalized spacial score (nSPS) is 0. The van der Waals surface area contributed by atoms with Gasteiger partial charge in [-0.1, -0.05) is 37.1 Å². The van der Waals surface area contributed by atoms with Gasteiger partial charge in [0, 0.05) is 0 Å². The molecule has 2 nitrogen and oxygen atoms in total. The Kier molecular flexibility index (Phi) is 121000000. The summed E-state index contributed by atoms with van der Waals surface area (Å²) in [4.78, 5) is 0. The van der Waals surface area contributed by atoms with Gasteiger partial charge in [0.2, 0.25) is 0 Å². The largest absolute Gasteiger partial charge is 0.412 e.